The maximum Gasteiger partial charge on any atom is 0.228 e. The van der Waals surface area contributed by atoms with Gasteiger partial charge in [-0.1, -0.05) is 12.1 Å². The minimum absolute atomic E-state index is 0.0532. The Balaban J connectivity index is 1.38. The lowest BCUT2D eigenvalue weighted by molar-refractivity contribution is -0.122. The molecule has 3 N–H and O–H groups in total. The van der Waals surface area contributed by atoms with Gasteiger partial charge >= 0.3 is 0 Å². The fourth-order valence-corrected chi connectivity index (χ4v) is 3.68. The number of hydrogen-bond acceptors (Lipinski definition) is 3. The van der Waals surface area contributed by atoms with Crippen LogP contribution in [0, 0.1) is 5.92 Å². The molecule has 0 spiro atoms. The molecule has 0 saturated heterocycles. The summed E-state index contributed by atoms with van der Waals surface area (Å²) in [5.41, 5.74) is 3.16. The second-order valence-electron chi connectivity index (χ2n) is 7.04. The molecule has 0 aromatic heterocycles. The number of carbonyl (C=O) groups excluding carboxylic acids is 2. The lowest BCUT2D eigenvalue weighted by atomic mass is 9.86. The van der Waals surface area contributed by atoms with E-state index in [1.54, 1.807) is 0 Å². The zero-order valence-electron chi connectivity index (χ0n) is 14.0. The van der Waals surface area contributed by atoms with Crippen molar-refractivity contribution >= 4 is 17.5 Å². The van der Waals surface area contributed by atoms with Gasteiger partial charge in [-0.3, -0.25) is 9.59 Å². The van der Waals surface area contributed by atoms with Crippen molar-refractivity contribution in [3.63, 3.8) is 0 Å². The fraction of sp³-hybridized carbons (Fsp3) is 0.579. The van der Waals surface area contributed by atoms with Gasteiger partial charge in [0.1, 0.15) is 0 Å². The number of fused-ring (bicyclic) bond motifs is 1. The van der Waals surface area contributed by atoms with Crippen LogP contribution < -0.4 is 10.6 Å². The van der Waals surface area contributed by atoms with E-state index >= 15 is 0 Å². The monoisotopic (exact) mass is 330 g/mol. The number of carbonyl (C=O) groups is 2. The third-order valence-electron chi connectivity index (χ3n) is 5.13. The lowest BCUT2D eigenvalue weighted by Crippen LogP contribution is -2.38. The number of nitrogens with one attached hydrogen (secondary N) is 2. The predicted octanol–water partition coefficient (Wildman–Crippen LogP) is 2.17. The van der Waals surface area contributed by atoms with Crippen LogP contribution in [0.25, 0.3) is 0 Å². The molecule has 1 aromatic carbocycles. The Morgan fingerprint density at radius 2 is 2.04 bits per heavy atom. The number of benzene rings is 1. The molecule has 5 nitrogen and oxygen atoms in total. The highest BCUT2D eigenvalue weighted by Gasteiger charge is 2.21. The van der Waals surface area contributed by atoms with Crippen molar-refractivity contribution in [2.75, 3.05) is 11.9 Å². The molecular formula is C19H26N2O3. The average molecular weight is 330 g/mol. The summed E-state index contributed by atoms with van der Waals surface area (Å²) in [6.45, 7) is 0.266. The highest BCUT2D eigenvalue weighted by Crippen LogP contribution is 2.25. The Morgan fingerprint density at radius 3 is 2.79 bits per heavy atom. The SMILES string of the molecule is O=C1Cc2cc(CCCC(=O)NC3CCC(CO)CC3)ccc2N1. The Morgan fingerprint density at radius 1 is 1.25 bits per heavy atom. The Kier molecular flexibility index (Phi) is 5.51. The molecule has 1 aliphatic heterocycles. The summed E-state index contributed by atoms with van der Waals surface area (Å²) in [5, 5.41) is 15.1. The first-order valence-electron chi connectivity index (χ1n) is 8.96. The number of amides is 2. The highest BCUT2D eigenvalue weighted by molar-refractivity contribution is 5.99. The van der Waals surface area contributed by atoms with Crippen LogP contribution >= 0.6 is 0 Å². The third-order valence-corrected chi connectivity index (χ3v) is 5.13. The Hall–Kier alpha value is -1.88. The van der Waals surface area contributed by atoms with E-state index < -0.39 is 0 Å². The van der Waals surface area contributed by atoms with Crippen LogP contribution in [0.3, 0.4) is 0 Å². The zero-order chi connectivity index (χ0) is 16.9. The number of hydrogen-bond donors (Lipinski definition) is 3. The summed E-state index contributed by atoms with van der Waals surface area (Å²) in [5.74, 6) is 0.595. The molecular weight excluding hydrogens is 304 g/mol. The molecule has 0 bridgehead atoms. The van der Waals surface area contributed by atoms with Crippen LogP contribution in [0.2, 0.25) is 0 Å². The van der Waals surface area contributed by atoms with E-state index in [-0.39, 0.29) is 24.5 Å². The van der Waals surface area contributed by atoms with E-state index in [1.165, 1.54) is 5.56 Å². The quantitative estimate of drug-likeness (QED) is 0.748. The molecule has 1 saturated carbocycles. The van der Waals surface area contributed by atoms with Crippen LogP contribution in [0.1, 0.15) is 49.7 Å². The van der Waals surface area contributed by atoms with Gasteiger partial charge in [0.25, 0.3) is 0 Å². The van der Waals surface area contributed by atoms with Crippen LogP contribution in [-0.4, -0.2) is 29.6 Å². The standard InChI is InChI=1S/C19H26N2O3/c22-12-14-4-7-16(8-5-14)20-18(23)3-1-2-13-6-9-17-15(10-13)11-19(24)21-17/h6,9-10,14,16,22H,1-5,7-8,11-12H2,(H,20,23)(H,21,24). The van der Waals surface area contributed by atoms with Crippen molar-refractivity contribution in [2.45, 2.75) is 57.4 Å². The van der Waals surface area contributed by atoms with Crippen molar-refractivity contribution in [1.29, 1.82) is 0 Å². The normalized spacial score (nSPS) is 22.8. The first kappa shape index (κ1) is 17.0. The molecule has 5 heteroatoms. The molecule has 0 atom stereocenters. The highest BCUT2D eigenvalue weighted by atomic mass is 16.3. The smallest absolute Gasteiger partial charge is 0.228 e. The largest absolute Gasteiger partial charge is 0.396 e. The number of aliphatic hydroxyl groups is 1. The third kappa shape index (κ3) is 4.35. The van der Waals surface area contributed by atoms with E-state index in [1.807, 2.05) is 12.1 Å². The summed E-state index contributed by atoms with van der Waals surface area (Å²) in [6, 6.07) is 6.33. The second-order valence-corrected chi connectivity index (χ2v) is 7.04. The molecule has 130 valence electrons. The molecule has 1 heterocycles. The lowest BCUT2D eigenvalue weighted by Gasteiger charge is -2.27. The van der Waals surface area contributed by atoms with E-state index in [0.717, 1.165) is 49.8 Å². The first-order valence-corrected chi connectivity index (χ1v) is 8.96. The van der Waals surface area contributed by atoms with Crippen LogP contribution in [0.5, 0.6) is 0 Å². The molecule has 24 heavy (non-hydrogen) atoms. The molecule has 1 fully saturated rings. The van der Waals surface area contributed by atoms with Crippen LogP contribution in [0.15, 0.2) is 18.2 Å². The molecule has 0 unspecified atom stereocenters. The van der Waals surface area contributed by atoms with Crippen molar-refractivity contribution < 1.29 is 14.7 Å². The predicted molar refractivity (Wildman–Crippen MR) is 92.7 cm³/mol. The summed E-state index contributed by atoms with van der Waals surface area (Å²) < 4.78 is 0. The van der Waals surface area contributed by atoms with Crippen molar-refractivity contribution in [3.05, 3.63) is 29.3 Å². The zero-order valence-corrected chi connectivity index (χ0v) is 14.0. The van der Waals surface area contributed by atoms with E-state index in [9.17, 15) is 9.59 Å². The van der Waals surface area contributed by atoms with E-state index in [2.05, 4.69) is 16.7 Å². The van der Waals surface area contributed by atoms with Gasteiger partial charge in [0, 0.05) is 24.8 Å². The first-order chi connectivity index (χ1) is 11.6. The molecule has 2 aliphatic rings. The number of aryl methyl sites for hydroxylation is 1. The maximum atomic E-state index is 12.1. The topological polar surface area (TPSA) is 78.4 Å². The summed E-state index contributed by atoms with van der Waals surface area (Å²) >= 11 is 0. The van der Waals surface area contributed by atoms with E-state index in [0.29, 0.717) is 18.8 Å². The second kappa shape index (κ2) is 7.79. The van der Waals surface area contributed by atoms with Gasteiger partial charge in [-0.25, -0.2) is 0 Å². The Bertz CT molecular complexity index is 607. The van der Waals surface area contributed by atoms with Crippen molar-refractivity contribution in [1.82, 2.24) is 5.32 Å². The number of anilines is 1. The van der Waals surface area contributed by atoms with Gasteiger partial charge in [-0.2, -0.15) is 0 Å². The Labute approximate surface area is 142 Å². The molecule has 1 aliphatic carbocycles. The molecule has 0 radical (unpaired) electrons. The van der Waals surface area contributed by atoms with Crippen molar-refractivity contribution in [2.24, 2.45) is 5.92 Å². The number of rotatable bonds is 6. The molecule has 3 rings (SSSR count). The number of aliphatic hydroxyl groups excluding tert-OH is 1. The maximum absolute atomic E-state index is 12.1. The van der Waals surface area contributed by atoms with Gasteiger partial charge in [0.05, 0.1) is 6.42 Å². The minimum atomic E-state index is 0.0532. The summed E-state index contributed by atoms with van der Waals surface area (Å²) in [6.07, 6.45) is 6.62. The summed E-state index contributed by atoms with van der Waals surface area (Å²) in [4.78, 5) is 23.4. The van der Waals surface area contributed by atoms with Gasteiger partial charge in [0.2, 0.25) is 11.8 Å². The van der Waals surface area contributed by atoms with Crippen molar-refractivity contribution in [3.8, 4) is 0 Å². The van der Waals surface area contributed by atoms with Gasteiger partial charge in [0.15, 0.2) is 0 Å². The fourth-order valence-electron chi connectivity index (χ4n) is 3.68. The molecule has 1 aromatic rings. The molecule has 2 amide bonds. The minimum Gasteiger partial charge on any atom is -0.396 e. The van der Waals surface area contributed by atoms with Crippen LogP contribution in [-0.2, 0) is 22.4 Å². The van der Waals surface area contributed by atoms with Gasteiger partial charge in [-0.15, -0.1) is 0 Å². The average Bonchev–Trinajstić information content (AvgIpc) is 2.95. The van der Waals surface area contributed by atoms with Crippen LogP contribution in [0.4, 0.5) is 5.69 Å². The van der Waals surface area contributed by atoms with E-state index in [4.69, 9.17) is 5.11 Å². The van der Waals surface area contributed by atoms with Gasteiger partial charge in [-0.05, 0) is 61.6 Å². The van der Waals surface area contributed by atoms with Gasteiger partial charge < -0.3 is 15.7 Å². The summed E-state index contributed by atoms with van der Waals surface area (Å²) in [7, 11) is 0.